The van der Waals surface area contributed by atoms with Gasteiger partial charge in [-0.25, -0.2) is 0 Å². The number of nitrogens with one attached hydrogen (secondary N) is 2. The molecule has 1 amide bonds. The van der Waals surface area contributed by atoms with Crippen LogP contribution < -0.4 is 10.6 Å². The van der Waals surface area contributed by atoms with Crippen molar-refractivity contribution in [3.63, 3.8) is 0 Å². The van der Waals surface area contributed by atoms with Gasteiger partial charge < -0.3 is 10.6 Å². The summed E-state index contributed by atoms with van der Waals surface area (Å²) >= 11 is 0. The summed E-state index contributed by atoms with van der Waals surface area (Å²) in [5.74, 6) is 0.580. The van der Waals surface area contributed by atoms with E-state index in [4.69, 9.17) is 0 Å². The van der Waals surface area contributed by atoms with Gasteiger partial charge in [0.15, 0.2) is 0 Å². The number of fused-ring (bicyclic) bond motifs is 1. The smallest absolute Gasteiger partial charge is 0.233 e. The number of rotatable bonds is 5. The highest BCUT2D eigenvalue weighted by atomic mass is 16.1. The molecule has 1 unspecified atom stereocenters. The number of hydrogen-bond donors (Lipinski definition) is 2. The molecular weight excluding hydrogens is 260 g/mol. The Morgan fingerprint density at radius 3 is 2.76 bits per heavy atom. The number of amides is 1. The summed E-state index contributed by atoms with van der Waals surface area (Å²) in [5, 5.41) is 6.39. The van der Waals surface area contributed by atoms with Crippen molar-refractivity contribution in [1.82, 2.24) is 10.6 Å². The third-order valence-electron chi connectivity index (χ3n) is 4.34. The maximum absolute atomic E-state index is 11.9. The molecule has 0 heterocycles. The zero-order valence-electron chi connectivity index (χ0n) is 13.7. The molecule has 3 heteroatoms. The highest BCUT2D eigenvalue weighted by molar-refractivity contribution is 5.78. The summed E-state index contributed by atoms with van der Waals surface area (Å²) in [7, 11) is 0. The topological polar surface area (TPSA) is 41.1 Å². The maximum Gasteiger partial charge on any atom is 0.233 e. The van der Waals surface area contributed by atoms with Crippen molar-refractivity contribution < 1.29 is 4.79 Å². The minimum Gasteiger partial charge on any atom is -0.355 e. The first-order valence-corrected chi connectivity index (χ1v) is 7.99. The van der Waals surface area contributed by atoms with E-state index >= 15 is 0 Å². The summed E-state index contributed by atoms with van der Waals surface area (Å²) < 4.78 is 0. The normalized spacial score (nSPS) is 20.1. The highest BCUT2D eigenvalue weighted by Gasteiger charge is 2.32. The lowest BCUT2D eigenvalue weighted by atomic mass is 9.71. The molecule has 116 valence electrons. The molecule has 0 spiro atoms. The van der Waals surface area contributed by atoms with Crippen LogP contribution in [0.5, 0.6) is 0 Å². The molecule has 1 aliphatic carbocycles. The van der Waals surface area contributed by atoms with Crippen molar-refractivity contribution >= 4 is 5.91 Å². The standard InChI is InChI=1S/C18H28N2O/c1-13(2)11-20-17(21)12-19-16-9-10-18(3,4)15-8-6-5-7-14(15)16/h5-8,13,16,19H,9-12H2,1-4H3,(H,20,21). The second kappa shape index (κ2) is 6.61. The Balaban J connectivity index is 1.98. The SMILES string of the molecule is CC(C)CNC(=O)CNC1CCC(C)(C)c2ccccc21. The number of hydrogen-bond acceptors (Lipinski definition) is 2. The van der Waals surface area contributed by atoms with Gasteiger partial charge in [-0.2, -0.15) is 0 Å². The van der Waals surface area contributed by atoms with Gasteiger partial charge in [0, 0.05) is 12.6 Å². The molecule has 0 fully saturated rings. The maximum atomic E-state index is 11.9. The first-order valence-electron chi connectivity index (χ1n) is 7.99. The Morgan fingerprint density at radius 1 is 1.33 bits per heavy atom. The van der Waals surface area contributed by atoms with Crippen LogP contribution in [0.3, 0.4) is 0 Å². The minimum atomic E-state index is 0.0889. The van der Waals surface area contributed by atoms with E-state index in [-0.39, 0.29) is 11.3 Å². The third kappa shape index (κ3) is 4.07. The van der Waals surface area contributed by atoms with Crippen LogP contribution in [0.4, 0.5) is 0 Å². The molecule has 21 heavy (non-hydrogen) atoms. The number of carbonyl (C=O) groups is 1. The van der Waals surface area contributed by atoms with E-state index in [0.29, 0.717) is 18.5 Å². The van der Waals surface area contributed by atoms with Crippen LogP contribution in [0.1, 0.15) is 57.7 Å². The number of carbonyl (C=O) groups excluding carboxylic acids is 1. The van der Waals surface area contributed by atoms with E-state index in [1.54, 1.807) is 0 Å². The second-order valence-electron chi connectivity index (χ2n) is 7.14. The van der Waals surface area contributed by atoms with Gasteiger partial charge in [0.05, 0.1) is 6.54 Å². The summed E-state index contributed by atoms with van der Waals surface area (Å²) in [6.45, 7) is 9.95. The lowest BCUT2D eigenvalue weighted by Crippen LogP contribution is -2.39. The Bertz CT molecular complexity index is 494. The predicted molar refractivity (Wildman–Crippen MR) is 87.3 cm³/mol. The van der Waals surface area contributed by atoms with Gasteiger partial charge in [-0.05, 0) is 35.3 Å². The summed E-state index contributed by atoms with van der Waals surface area (Å²) in [6, 6.07) is 8.91. The van der Waals surface area contributed by atoms with Crippen molar-refractivity contribution in [3.8, 4) is 0 Å². The fourth-order valence-electron chi connectivity index (χ4n) is 3.02. The Hall–Kier alpha value is -1.35. The Kier molecular flexibility index (Phi) is 5.04. The van der Waals surface area contributed by atoms with Gasteiger partial charge in [-0.1, -0.05) is 52.0 Å². The highest BCUT2D eigenvalue weighted by Crippen LogP contribution is 2.41. The monoisotopic (exact) mass is 288 g/mol. The van der Waals surface area contributed by atoms with Crippen molar-refractivity contribution in [3.05, 3.63) is 35.4 Å². The molecule has 0 aliphatic heterocycles. The van der Waals surface area contributed by atoms with Crippen LogP contribution in [0.2, 0.25) is 0 Å². The quantitative estimate of drug-likeness (QED) is 0.874. The van der Waals surface area contributed by atoms with Gasteiger partial charge in [-0.15, -0.1) is 0 Å². The first-order chi connectivity index (χ1) is 9.90. The van der Waals surface area contributed by atoms with Crippen LogP contribution in [0.25, 0.3) is 0 Å². The van der Waals surface area contributed by atoms with Gasteiger partial charge in [0.1, 0.15) is 0 Å². The fourth-order valence-corrected chi connectivity index (χ4v) is 3.02. The second-order valence-corrected chi connectivity index (χ2v) is 7.14. The van der Waals surface area contributed by atoms with Crippen LogP contribution >= 0.6 is 0 Å². The third-order valence-corrected chi connectivity index (χ3v) is 4.34. The average Bonchev–Trinajstić information content (AvgIpc) is 2.44. The van der Waals surface area contributed by atoms with Crippen molar-refractivity contribution in [2.75, 3.05) is 13.1 Å². The van der Waals surface area contributed by atoms with E-state index in [1.165, 1.54) is 11.1 Å². The van der Waals surface area contributed by atoms with E-state index in [9.17, 15) is 4.79 Å². The molecule has 0 radical (unpaired) electrons. The molecule has 0 bridgehead atoms. The van der Waals surface area contributed by atoms with Gasteiger partial charge >= 0.3 is 0 Å². The molecule has 2 N–H and O–H groups in total. The minimum absolute atomic E-state index is 0.0889. The molecule has 0 saturated heterocycles. The zero-order chi connectivity index (χ0) is 15.5. The molecule has 0 saturated carbocycles. The lowest BCUT2D eigenvalue weighted by Gasteiger charge is -2.37. The first kappa shape index (κ1) is 16.0. The van der Waals surface area contributed by atoms with Crippen molar-refractivity contribution in [2.45, 2.75) is 52.0 Å². The number of benzene rings is 1. The molecule has 1 aromatic carbocycles. The molecule has 0 aromatic heterocycles. The largest absolute Gasteiger partial charge is 0.355 e. The molecule has 1 atom stereocenters. The summed E-state index contributed by atoms with van der Waals surface area (Å²) in [6.07, 6.45) is 2.23. The molecular formula is C18H28N2O. The van der Waals surface area contributed by atoms with Crippen LogP contribution in [0.15, 0.2) is 24.3 Å². The molecule has 1 aromatic rings. The van der Waals surface area contributed by atoms with E-state index in [0.717, 1.165) is 19.4 Å². The van der Waals surface area contributed by atoms with Gasteiger partial charge in [0.25, 0.3) is 0 Å². The summed E-state index contributed by atoms with van der Waals surface area (Å²) in [4.78, 5) is 11.9. The van der Waals surface area contributed by atoms with E-state index < -0.39 is 0 Å². The average molecular weight is 288 g/mol. The van der Waals surface area contributed by atoms with Crippen molar-refractivity contribution in [2.24, 2.45) is 5.92 Å². The molecule has 3 nitrogen and oxygen atoms in total. The predicted octanol–water partition coefficient (Wildman–Crippen LogP) is 3.16. The van der Waals surface area contributed by atoms with E-state index in [2.05, 4.69) is 62.6 Å². The van der Waals surface area contributed by atoms with Crippen LogP contribution in [-0.2, 0) is 10.2 Å². The molecule has 2 rings (SSSR count). The zero-order valence-corrected chi connectivity index (χ0v) is 13.7. The summed E-state index contributed by atoms with van der Waals surface area (Å²) in [5.41, 5.74) is 3.00. The Labute approximate surface area is 128 Å². The lowest BCUT2D eigenvalue weighted by molar-refractivity contribution is -0.120. The fraction of sp³-hybridized carbons (Fsp3) is 0.611. The van der Waals surface area contributed by atoms with Crippen LogP contribution in [-0.4, -0.2) is 19.0 Å². The van der Waals surface area contributed by atoms with Crippen LogP contribution in [0, 0.1) is 5.92 Å². The van der Waals surface area contributed by atoms with Crippen molar-refractivity contribution in [1.29, 1.82) is 0 Å². The van der Waals surface area contributed by atoms with Gasteiger partial charge in [-0.3, -0.25) is 4.79 Å². The van der Waals surface area contributed by atoms with E-state index in [1.807, 2.05) is 0 Å². The molecule has 1 aliphatic rings. The Morgan fingerprint density at radius 2 is 2.05 bits per heavy atom. The van der Waals surface area contributed by atoms with Gasteiger partial charge in [0.2, 0.25) is 5.91 Å².